The highest BCUT2D eigenvalue weighted by atomic mass is 35.5. The van der Waals surface area contributed by atoms with Crippen molar-refractivity contribution in [1.82, 2.24) is 9.55 Å². The van der Waals surface area contributed by atoms with Gasteiger partial charge in [-0.15, -0.1) is 0 Å². The normalized spacial score (nSPS) is 10.9. The highest BCUT2D eigenvalue weighted by molar-refractivity contribution is 6.34. The molecule has 0 saturated carbocycles. The molecule has 1 heterocycles. The van der Waals surface area contributed by atoms with Gasteiger partial charge in [0.05, 0.1) is 26.5 Å². The maximum Gasteiger partial charge on any atom is 0.270 e. The van der Waals surface area contributed by atoms with Crippen LogP contribution in [0.25, 0.3) is 11.0 Å². The number of non-ortho nitro benzene ring substituents is 1. The second kappa shape index (κ2) is 5.48. The number of nitro groups is 1. The van der Waals surface area contributed by atoms with E-state index in [9.17, 15) is 14.9 Å². The number of rotatable bonds is 2. The van der Waals surface area contributed by atoms with Crippen LogP contribution in [0.5, 0.6) is 0 Å². The Kier molecular flexibility index (Phi) is 3.61. The van der Waals surface area contributed by atoms with Gasteiger partial charge in [0, 0.05) is 12.1 Å². The van der Waals surface area contributed by atoms with Gasteiger partial charge >= 0.3 is 0 Å². The summed E-state index contributed by atoms with van der Waals surface area (Å²) in [6.45, 7) is 3.91. The maximum atomic E-state index is 12.7. The average molecular weight is 330 g/mol. The molecule has 0 aliphatic carbocycles. The quantitative estimate of drug-likeness (QED) is 0.527. The molecule has 0 bridgehead atoms. The third-order valence-electron chi connectivity index (χ3n) is 3.77. The van der Waals surface area contributed by atoms with Gasteiger partial charge in [0.15, 0.2) is 0 Å². The molecule has 0 atom stereocenters. The van der Waals surface area contributed by atoms with E-state index in [1.165, 1.54) is 29.1 Å². The van der Waals surface area contributed by atoms with Crippen LogP contribution < -0.4 is 0 Å². The zero-order chi connectivity index (χ0) is 16.7. The van der Waals surface area contributed by atoms with Crippen molar-refractivity contribution in [3.8, 4) is 0 Å². The summed E-state index contributed by atoms with van der Waals surface area (Å²) in [6.07, 6.45) is 1.40. The number of carbonyl (C=O) groups is 1. The third-order valence-corrected chi connectivity index (χ3v) is 4.10. The molecule has 0 aliphatic rings. The summed E-state index contributed by atoms with van der Waals surface area (Å²) in [5, 5.41) is 11.1. The Balaban J connectivity index is 2.16. The standard InChI is InChI=1S/C16H12ClN3O3/c1-9-5-14-15(6-10(9)2)19(8-18-14)16(21)12-7-11(20(22)23)3-4-13(12)17/h3-8H,1-2H3. The highest BCUT2D eigenvalue weighted by Gasteiger charge is 2.19. The predicted octanol–water partition coefficient (Wildman–Crippen LogP) is 3.90. The molecular formula is C16H12ClN3O3. The number of hydrogen-bond acceptors (Lipinski definition) is 4. The molecule has 0 saturated heterocycles. The minimum Gasteiger partial charge on any atom is -0.268 e. The van der Waals surface area contributed by atoms with Crippen molar-refractivity contribution < 1.29 is 9.72 Å². The fraction of sp³-hybridized carbons (Fsp3) is 0.125. The van der Waals surface area contributed by atoms with E-state index in [-0.39, 0.29) is 16.3 Å². The summed E-state index contributed by atoms with van der Waals surface area (Å²) in [4.78, 5) is 27.3. The van der Waals surface area contributed by atoms with Gasteiger partial charge in [0.25, 0.3) is 11.6 Å². The van der Waals surface area contributed by atoms with Crippen LogP contribution >= 0.6 is 11.6 Å². The number of fused-ring (bicyclic) bond motifs is 1. The first kappa shape index (κ1) is 15.2. The van der Waals surface area contributed by atoms with E-state index < -0.39 is 10.8 Å². The fourth-order valence-corrected chi connectivity index (χ4v) is 2.54. The first-order valence-corrected chi connectivity index (χ1v) is 7.19. The third kappa shape index (κ3) is 2.57. The van der Waals surface area contributed by atoms with Crippen molar-refractivity contribution in [3.63, 3.8) is 0 Å². The zero-order valence-corrected chi connectivity index (χ0v) is 13.2. The van der Waals surface area contributed by atoms with E-state index in [0.29, 0.717) is 11.0 Å². The summed E-state index contributed by atoms with van der Waals surface area (Å²) in [5.41, 5.74) is 3.30. The number of halogens is 1. The number of benzene rings is 2. The molecule has 3 rings (SSSR count). The topological polar surface area (TPSA) is 78.0 Å². The van der Waals surface area contributed by atoms with E-state index in [0.717, 1.165) is 11.1 Å². The van der Waals surface area contributed by atoms with Crippen LogP contribution in [0.2, 0.25) is 5.02 Å². The van der Waals surface area contributed by atoms with Gasteiger partial charge in [-0.1, -0.05) is 11.6 Å². The van der Waals surface area contributed by atoms with Crippen LogP contribution in [0.4, 0.5) is 5.69 Å². The number of aryl methyl sites for hydroxylation is 2. The number of nitrogens with zero attached hydrogens (tertiary/aromatic N) is 3. The van der Waals surface area contributed by atoms with Crippen molar-refractivity contribution in [2.45, 2.75) is 13.8 Å². The Bertz CT molecular complexity index is 963. The Morgan fingerprint density at radius 1 is 1.22 bits per heavy atom. The molecule has 0 fully saturated rings. The van der Waals surface area contributed by atoms with Gasteiger partial charge in [-0.05, 0) is 43.2 Å². The van der Waals surface area contributed by atoms with Crippen LogP contribution in [-0.2, 0) is 0 Å². The number of carbonyl (C=O) groups excluding carboxylic acids is 1. The number of nitro benzene ring substituents is 1. The van der Waals surface area contributed by atoms with E-state index in [1.807, 2.05) is 26.0 Å². The Labute approximate surface area is 136 Å². The largest absolute Gasteiger partial charge is 0.270 e. The molecule has 0 radical (unpaired) electrons. The molecule has 23 heavy (non-hydrogen) atoms. The Hall–Kier alpha value is -2.73. The summed E-state index contributed by atoms with van der Waals surface area (Å²) >= 11 is 6.04. The van der Waals surface area contributed by atoms with Crippen LogP contribution in [0.3, 0.4) is 0 Å². The molecule has 116 valence electrons. The van der Waals surface area contributed by atoms with Crippen molar-refractivity contribution in [2.75, 3.05) is 0 Å². The molecule has 0 spiro atoms. The summed E-state index contributed by atoms with van der Waals surface area (Å²) in [5.74, 6) is -0.454. The van der Waals surface area contributed by atoms with Crippen LogP contribution in [0.15, 0.2) is 36.7 Å². The molecule has 7 heteroatoms. The molecule has 3 aromatic rings. The second-order valence-electron chi connectivity index (χ2n) is 5.27. The van der Waals surface area contributed by atoms with Crippen LogP contribution in [0, 0.1) is 24.0 Å². The van der Waals surface area contributed by atoms with E-state index in [4.69, 9.17) is 11.6 Å². The predicted molar refractivity (Wildman–Crippen MR) is 87.0 cm³/mol. The van der Waals surface area contributed by atoms with Crippen molar-refractivity contribution in [3.05, 3.63) is 68.5 Å². The van der Waals surface area contributed by atoms with E-state index in [1.54, 1.807) is 0 Å². The summed E-state index contributed by atoms with van der Waals surface area (Å²) < 4.78 is 1.35. The van der Waals surface area contributed by atoms with E-state index >= 15 is 0 Å². The summed E-state index contributed by atoms with van der Waals surface area (Å²) in [7, 11) is 0. The lowest BCUT2D eigenvalue weighted by Gasteiger charge is -2.06. The Morgan fingerprint density at radius 2 is 1.91 bits per heavy atom. The number of hydrogen-bond donors (Lipinski definition) is 0. The van der Waals surface area contributed by atoms with Gasteiger partial charge in [-0.3, -0.25) is 19.5 Å². The zero-order valence-electron chi connectivity index (χ0n) is 12.4. The lowest BCUT2D eigenvalue weighted by molar-refractivity contribution is -0.384. The van der Waals surface area contributed by atoms with Gasteiger partial charge in [0.2, 0.25) is 0 Å². The van der Waals surface area contributed by atoms with Gasteiger partial charge in [-0.25, -0.2) is 4.98 Å². The van der Waals surface area contributed by atoms with E-state index in [2.05, 4.69) is 4.98 Å². The molecule has 0 amide bonds. The number of aromatic nitrogens is 2. The first-order chi connectivity index (χ1) is 10.9. The van der Waals surface area contributed by atoms with Gasteiger partial charge < -0.3 is 0 Å². The first-order valence-electron chi connectivity index (χ1n) is 6.81. The Morgan fingerprint density at radius 3 is 2.61 bits per heavy atom. The van der Waals surface area contributed by atoms with Gasteiger partial charge in [-0.2, -0.15) is 0 Å². The molecule has 0 N–H and O–H groups in total. The van der Waals surface area contributed by atoms with Crippen molar-refractivity contribution in [2.24, 2.45) is 0 Å². The molecule has 1 aromatic heterocycles. The smallest absolute Gasteiger partial charge is 0.268 e. The minimum absolute atomic E-state index is 0.0680. The lowest BCUT2D eigenvalue weighted by Crippen LogP contribution is -2.12. The van der Waals surface area contributed by atoms with Crippen molar-refractivity contribution in [1.29, 1.82) is 0 Å². The summed E-state index contributed by atoms with van der Waals surface area (Å²) in [6, 6.07) is 7.54. The average Bonchev–Trinajstić information content (AvgIpc) is 2.90. The number of imidazole rings is 1. The lowest BCUT2D eigenvalue weighted by atomic mass is 10.1. The molecule has 0 unspecified atom stereocenters. The fourth-order valence-electron chi connectivity index (χ4n) is 2.35. The molecular weight excluding hydrogens is 318 g/mol. The SMILES string of the molecule is Cc1cc2ncn(C(=O)c3cc([N+](=O)[O-])ccc3Cl)c2cc1C. The molecule has 0 aliphatic heterocycles. The minimum atomic E-state index is -0.563. The second-order valence-corrected chi connectivity index (χ2v) is 5.67. The molecule has 6 nitrogen and oxygen atoms in total. The molecule has 2 aromatic carbocycles. The maximum absolute atomic E-state index is 12.7. The van der Waals surface area contributed by atoms with Crippen LogP contribution in [-0.4, -0.2) is 20.4 Å². The monoisotopic (exact) mass is 329 g/mol. The highest BCUT2D eigenvalue weighted by Crippen LogP contribution is 2.25. The van der Waals surface area contributed by atoms with Crippen LogP contribution in [0.1, 0.15) is 21.5 Å². The van der Waals surface area contributed by atoms with Crippen molar-refractivity contribution >= 4 is 34.2 Å². The van der Waals surface area contributed by atoms with Gasteiger partial charge in [0.1, 0.15) is 6.33 Å².